The standard InChI is InChI=1S/C50H33N3S/c1-2-13-32(14-3-1)48-51-49(41-23-10-22-40-39-20-7-5-15-36(39)30-43(40)41)53-50(52-48)42-24-11-25-46-47(42)44-29-34(26-27-45(44)54-46)33-17-8-18-35(28-33)38-21-9-16-31-12-4-6-19-37(31)38/h1-29,50H,30H2,(H,51,52,53). The highest BCUT2D eigenvalue weighted by Crippen LogP contribution is 2.43. The molecule has 1 aromatic heterocycles. The van der Waals surface area contributed by atoms with Gasteiger partial charge in [-0.05, 0) is 86.0 Å². The Hall–Kier alpha value is -6.62. The zero-order chi connectivity index (χ0) is 35.6. The van der Waals surface area contributed by atoms with Crippen LogP contribution in [0.25, 0.3) is 64.3 Å². The van der Waals surface area contributed by atoms with E-state index in [9.17, 15) is 0 Å². The number of rotatable bonds is 5. The lowest BCUT2D eigenvalue weighted by atomic mass is 9.94. The quantitative estimate of drug-likeness (QED) is 0.190. The smallest absolute Gasteiger partial charge is 0.170 e. The Morgan fingerprint density at radius 1 is 0.463 bits per heavy atom. The lowest BCUT2D eigenvalue weighted by Gasteiger charge is -2.24. The molecule has 0 saturated heterocycles. The molecule has 0 radical (unpaired) electrons. The second-order valence-corrected chi connectivity index (χ2v) is 15.2. The van der Waals surface area contributed by atoms with Gasteiger partial charge in [0.25, 0.3) is 0 Å². The molecule has 3 nitrogen and oxygen atoms in total. The van der Waals surface area contributed by atoms with E-state index in [0.29, 0.717) is 0 Å². The second-order valence-electron chi connectivity index (χ2n) is 14.1. The van der Waals surface area contributed by atoms with Crippen LogP contribution in [0, 0.1) is 0 Å². The van der Waals surface area contributed by atoms with Crippen LogP contribution in [-0.4, -0.2) is 11.7 Å². The van der Waals surface area contributed by atoms with E-state index in [1.54, 1.807) is 0 Å². The predicted molar refractivity (Wildman–Crippen MR) is 228 cm³/mol. The molecule has 8 aromatic carbocycles. The Morgan fingerprint density at radius 2 is 1.15 bits per heavy atom. The fourth-order valence-electron chi connectivity index (χ4n) is 8.44. The first kappa shape index (κ1) is 31.0. The number of benzene rings is 8. The van der Waals surface area contributed by atoms with E-state index >= 15 is 0 Å². The average molecular weight is 708 g/mol. The maximum atomic E-state index is 5.45. The molecule has 1 aliphatic heterocycles. The van der Waals surface area contributed by atoms with E-state index in [-0.39, 0.29) is 0 Å². The van der Waals surface area contributed by atoms with E-state index in [1.807, 2.05) is 17.4 Å². The largest absolute Gasteiger partial charge is 0.324 e. The van der Waals surface area contributed by atoms with Crippen LogP contribution in [0.1, 0.15) is 34.0 Å². The van der Waals surface area contributed by atoms with E-state index in [4.69, 9.17) is 9.98 Å². The van der Waals surface area contributed by atoms with Gasteiger partial charge in [-0.15, -0.1) is 11.3 Å². The molecule has 1 aliphatic carbocycles. The minimum atomic E-state index is -0.420. The van der Waals surface area contributed by atoms with Crippen LogP contribution < -0.4 is 5.32 Å². The molecule has 1 unspecified atom stereocenters. The van der Waals surface area contributed by atoms with Crippen molar-refractivity contribution in [1.29, 1.82) is 0 Å². The molecule has 0 saturated carbocycles. The van der Waals surface area contributed by atoms with E-state index in [1.165, 1.54) is 75.5 Å². The third kappa shape index (κ3) is 5.10. The van der Waals surface area contributed by atoms with Crippen molar-refractivity contribution in [3.8, 4) is 33.4 Å². The molecule has 9 aromatic rings. The molecule has 4 heteroatoms. The molecular weight excluding hydrogens is 675 g/mol. The van der Waals surface area contributed by atoms with Crippen LogP contribution in [0.3, 0.4) is 0 Å². The molecule has 2 heterocycles. The number of hydrogen-bond acceptors (Lipinski definition) is 4. The molecule has 0 spiro atoms. The average Bonchev–Trinajstić information content (AvgIpc) is 3.82. The summed E-state index contributed by atoms with van der Waals surface area (Å²) in [5.41, 5.74) is 13.4. The molecule has 54 heavy (non-hydrogen) atoms. The van der Waals surface area contributed by atoms with Crippen molar-refractivity contribution in [2.24, 2.45) is 9.98 Å². The van der Waals surface area contributed by atoms with Crippen LogP contribution in [0.5, 0.6) is 0 Å². The lowest BCUT2D eigenvalue weighted by Crippen LogP contribution is -2.36. The van der Waals surface area contributed by atoms with Crippen molar-refractivity contribution in [2.45, 2.75) is 12.6 Å². The summed E-state index contributed by atoms with van der Waals surface area (Å²) in [6, 6.07) is 63.5. The van der Waals surface area contributed by atoms with Crippen molar-refractivity contribution in [1.82, 2.24) is 5.32 Å². The van der Waals surface area contributed by atoms with Crippen molar-refractivity contribution in [3.05, 3.63) is 204 Å². The van der Waals surface area contributed by atoms with Gasteiger partial charge in [-0.25, -0.2) is 9.98 Å². The Balaban J connectivity index is 1.06. The van der Waals surface area contributed by atoms with Gasteiger partial charge in [0.1, 0.15) is 11.7 Å². The third-order valence-electron chi connectivity index (χ3n) is 11.0. The Morgan fingerprint density at radius 3 is 2.11 bits per heavy atom. The molecule has 254 valence electrons. The second kappa shape index (κ2) is 12.5. The summed E-state index contributed by atoms with van der Waals surface area (Å²) in [6.45, 7) is 0. The summed E-state index contributed by atoms with van der Waals surface area (Å²) < 4.78 is 2.50. The highest BCUT2D eigenvalue weighted by atomic mass is 32.1. The van der Waals surface area contributed by atoms with Crippen molar-refractivity contribution in [2.75, 3.05) is 0 Å². The number of aliphatic imine (C=N–C) groups is 2. The van der Waals surface area contributed by atoms with Crippen molar-refractivity contribution >= 4 is 54.0 Å². The predicted octanol–water partition coefficient (Wildman–Crippen LogP) is 12.6. The number of nitrogens with one attached hydrogen (secondary N) is 1. The molecule has 0 amide bonds. The monoisotopic (exact) mass is 707 g/mol. The fraction of sp³-hybridized carbons (Fsp3) is 0.0400. The Kier molecular flexibility index (Phi) is 7.17. The van der Waals surface area contributed by atoms with Gasteiger partial charge in [0.15, 0.2) is 6.17 Å². The van der Waals surface area contributed by atoms with Crippen molar-refractivity contribution in [3.63, 3.8) is 0 Å². The van der Waals surface area contributed by atoms with Gasteiger partial charge in [-0.3, -0.25) is 0 Å². The maximum Gasteiger partial charge on any atom is 0.170 e. The fourth-order valence-corrected chi connectivity index (χ4v) is 9.56. The van der Waals surface area contributed by atoms with Crippen LogP contribution in [0.15, 0.2) is 186 Å². The van der Waals surface area contributed by atoms with Gasteiger partial charge in [0.2, 0.25) is 0 Å². The molecule has 1 atom stereocenters. The van der Waals surface area contributed by atoms with E-state index < -0.39 is 6.17 Å². The van der Waals surface area contributed by atoms with E-state index in [0.717, 1.165) is 34.8 Å². The summed E-state index contributed by atoms with van der Waals surface area (Å²) >= 11 is 1.84. The van der Waals surface area contributed by atoms with Crippen LogP contribution in [0.2, 0.25) is 0 Å². The van der Waals surface area contributed by atoms with Gasteiger partial charge < -0.3 is 5.32 Å². The number of hydrogen-bond donors (Lipinski definition) is 1. The first-order valence-electron chi connectivity index (χ1n) is 18.5. The van der Waals surface area contributed by atoms with Gasteiger partial charge in [-0.1, -0.05) is 152 Å². The van der Waals surface area contributed by atoms with Crippen molar-refractivity contribution < 1.29 is 0 Å². The normalized spacial score (nSPS) is 14.8. The zero-order valence-electron chi connectivity index (χ0n) is 29.3. The highest BCUT2D eigenvalue weighted by molar-refractivity contribution is 7.25. The maximum absolute atomic E-state index is 5.45. The summed E-state index contributed by atoms with van der Waals surface area (Å²) in [6.07, 6.45) is 0.469. The molecule has 0 fully saturated rings. The minimum absolute atomic E-state index is 0.420. The Bertz CT molecular complexity index is 3000. The lowest BCUT2D eigenvalue weighted by molar-refractivity contribution is 0.762. The van der Waals surface area contributed by atoms with Gasteiger partial charge in [0.05, 0.1) is 0 Å². The summed E-state index contributed by atoms with van der Waals surface area (Å²) in [5.74, 6) is 1.70. The number of fused-ring (bicyclic) bond motifs is 7. The number of amidine groups is 2. The summed E-state index contributed by atoms with van der Waals surface area (Å²) in [5, 5.41) is 8.66. The van der Waals surface area contributed by atoms with Gasteiger partial charge in [0, 0.05) is 36.9 Å². The van der Waals surface area contributed by atoms with Crippen LogP contribution >= 0.6 is 11.3 Å². The Labute approximate surface area is 317 Å². The highest BCUT2D eigenvalue weighted by Gasteiger charge is 2.28. The number of thiophene rings is 1. The first-order chi connectivity index (χ1) is 26.7. The molecule has 0 bridgehead atoms. The summed E-state index contributed by atoms with van der Waals surface area (Å²) in [4.78, 5) is 10.8. The molecular formula is C50H33N3S. The topological polar surface area (TPSA) is 36.8 Å². The number of nitrogens with zero attached hydrogens (tertiary/aromatic N) is 2. The van der Waals surface area contributed by atoms with Gasteiger partial charge in [-0.2, -0.15) is 0 Å². The zero-order valence-corrected chi connectivity index (χ0v) is 30.1. The van der Waals surface area contributed by atoms with Gasteiger partial charge >= 0.3 is 0 Å². The van der Waals surface area contributed by atoms with Crippen LogP contribution in [0.4, 0.5) is 0 Å². The first-order valence-corrected chi connectivity index (χ1v) is 19.3. The van der Waals surface area contributed by atoms with Crippen LogP contribution in [-0.2, 0) is 6.42 Å². The van der Waals surface area contributed by atoms with E-state index in [2.05, 4.69) is 175 Å². The molecule has 1 N–H and O–H groups in total. The molecule has 2 aliphatic rings. The molecule has 11 rings (SSSR count). The SMILES string of the molecule is c1ccc(C2=NC(c3cccc4sc5ccc(-c6cccc(-c7cccc8ccccc78)c6)cc5c34)N=C(c3cccc4c3Cc3ccccc3-4)N2)cc1. The summed E-state index contributed by atoms with van der Waals surface area (Å²) in [7, 11) is 0. The minimum Gasteiger partial charge on any atom is -0.324 e. The third-order valence-corrected chi connectivity index (χ3v) is 12.1.